The van der Waals surface area contributed by atoms with Crippen molar-refractivity contribution in [1.82, 2.24) is 10.2 Å². The summed E-state index contributed by atoms with van der Waals surface area (Å²) in [5, 5.41) is 16.7. The molecule has 0 aromatic carbocycles. The van der Waals surface area contributed by atoms with Gasteiger partial charge in [0.1, 0.15) is 0 Å². The van der Waals surface area contributed by atoms with Crippen LogP contribution in [0.5, 0.6) is 0 Å². The van der Waals surface area contributed by atoms with Crippen molar-refractivity contribution in [3.8, 4) is 0 Å². The van der Waals surface area contributed by atoms with Gasteiger partial charge in [-0.15, -0.1) is 10.2 Å². The monoisotopic (exact) mass is 209 g/mol. The zero-order valence-corrected chi connectivity index (χ0v) is 8.25. The molecule has 1 aliphatic rings. The Bertz CT molecular complexity index is 359. The van der Waals surface area contributed by atoms with E-state index in [1.807, 2.05) is 4.90 Å². The van der Waals surface area contributed by atoms with Gasteiger partial charge in [0.15, 0.2) is 11.5 Å². The SMILES string of the molecule is COC(=O)c1ccc(N2CC(O)C2)nn1. The molecule has 1 aliphatic heterocycles. The molecule has 1 aromatic rings. The molecule has 2 heterocycles. The van der Waals surface area contributed by atoms with E-state index in [0.29, 0.717) is 18.9 Å². The van der Waals surface area contributed by atoms with Crippen LogP contribution in [0.15, 0.2) is 12.1 Å². The van der Waals surface area contributed by atoms with E-state index in [1.165, 1.54) is 7.11 Å². The predicted molar refractivity (Wildman–Crippen MR) is 51.6 cm³/mol. The van der Waals surface area contributed by atoms with Crippen molar-refractivity contribution in [2.45, 2.75) is 6.10 Å². The number of carbonyl (C=O) groups is 1. The van der Waals surface area contributed by atoms with Crippen LogP contribution < -0.4 is 4.90 Å². The van der Waals surface area contributed by atoms with Gasteiger partial charge in [-0.1, -0.05) is 0 Å². The van der Waals surface area contributed by atoms with Crippen molar-refractivity contribution in [3.05, 3.63) is 17.8 Å². The van der Waals surface area contributed by atoms with Crippen LogP contribution in [0.1, 0.15) is 10.5 Å². The number of rotatable bonds is 2. The van der Waals surface area contributed by atoms with Gasteiger partial charge >= 0.3 is 5.97 Å². The van der Waals surface area contributed by atoms with Crippen molar-refractivity contribution in [2.75, 3.05) is 25.1 Å². The Balaban J connectivity index is 2.07. The molecule has 15 heavy (non-hydrogen) atoms. The zero-order valence-electron chi connectivity index (χ0n) is 8.25. The fraction of sp³-hybridized carbons (Fsp3) is 0.444. The molecule has 1 fully saturated rings. The van der Waals surface area contributed by atoms with E-state index in [4.69, 9.17) is 5.11 Å². The number of nitrogens with zero attached hydrogens (tertiary/aromatic N) is 3. The van der Waals surface area contributed by atoms with Crippen LogP contribution in [0.25, 0.3) is 0 Å². The first-order valence-corrected chi connectivity index (χ1v) is 4.56. The molecular formula is C9H11N3O3. The summed E-state index contributed by atoms with van der Waals surface area (Å²) in [6.45, 7) is 1.12. The lowest BCUT2D eigenvalue weighted by Gasteiger charge is -2.36. The van der Waals surface area contributed by atoms with E-state index in [9.17, 15) is 4.79 Å². The number of aromatic nitrogens is 2. The Hall–Kier alpha value is -1.69. The summed E-state index contributed by atoms with van der Waals surface area (Å²) in [6.07, 6.45) is -0.285. The van der Waals surface area contributed by atoms with Gasteiger partial charge in [0, 0.05) is 13.1 Å². The summed E-state index contributed by atoms with van der Waals surface area (Å²) in [5.41, 5.74) is 0.183. The second-order valence-corrected chi connectivity index (χ2v) is 3.33. The summed E-state index contributed by atoms with van der Waals surface area (Å²) >= 11 is 0. The fourth-order valence-corrected chi connectivity index (χ4v) is 1.35. The second kappa shape index (κ2) is 3.82. The Labute approximate surface area is 86.5 Å². The van der Waals surface area contributed by atoms with Gasteiger partial charge in [-0.05, 0) is 12.1 Å². The standard InChI is InChI=1S/C9H11N3O3/c1-15-9(14)7-2-3-8(11-10-7)12-4-6(13)5-12/h2-3,6,13H,4-5H2,1H3. The summed E-state index contributed by atoms with van der Waals surface area (Å²) < 4.78 is 4.50. The molecule has 6 heteroatoms. The molecule has 0 unspecified atom stereocenters. The first-order chi connectivity index (χ1) is 7.20. The van der Waals surface area contributed by atoms with Crippen LogP contribution in [0.3, 0.4) is 0 Å². The number of aliphatic hydroxyl groups is 1. The lowest BCUT2D eigenvalue weighted by Crippen LogP contribution is -2.51. The van der Waals surface area contributed by atoms with Gasteiger partial charge in [-0.3, -0.25) is 0 Å². The molecule has 1 aromatic heterocycles. The fourth-order valence-electron chi connectivity index (χ4n) is 1.35. The maximum absolute atomic E-state index is 11.1. The van der Waals surface area contributed by atoms with E-state index in [0.717, 1.165) is 0 Å². The maximum atomic E-state index is 11.1. The molecular weight excluding hydrogens is 198 g/mol. The largest absolute Gasteiger partial charge is 0.464 e. The maximum Gasteiger partial charge on any atom is 0.358 e. The number of methoxy groups -OCH3 is 1. The van der Waals surface area contributed by atoms with E-state index in [2.05, 4.69) is 14.9 Å². The summed E-state index contributed by atoms with van der Waals surface area (Å²) in [5.74, 6) is 0.158. The van der Waals surface area contributed by atoms with E-state index in [1.54, 1.807) is 12.1 Å². The average molecular weight is 209 g/mol. The first-order valence-electron chi connectivity index (χ1n) is 4.56. The molecule has 0 saturated carbocycles. The number of β-amino-alcohol motifs (C(OH)–C–C–N with tert-alkyl or cyclic N) is 1. The smallest absolute Gasteiger partial charge is 0.358 e. The van der Waals surface area contributed by atoms with Gasteiger partial charge in [0.25, 0.3) is 0 Å². The topological polar surface area (TPSA) is 75.5 Å². The predicted octanol–water partition coefficient (Wildman–Crippen LogP) is -0.556. The lowest BCUT2D eigenvalue weighted by molar-refractivity contribution is 0.0592. The van der Waals surface area contributed by atoms with Crippen LogP contribution in [-0.2, 0) is 4.74 Å². The molecule has 6 nitrogen and oxygen atoms in total. The minimum atomic E-state index is -0.502. The number of carbonyl (C=O) groups excluding carboxylic acids is 1. The molecule has 0 amide bonds. The molecule has 80 valence electrons. The highest BCUT2D eigenvalue weighted by molar-refractivity contribution is 5.86. The number of esters is 1. The third-order valence-electron chi connectivity index (χ3n) is 2.23. The number of aliphatic hydroxyl groups excluding tert-OH is 1. The first kappa shape index (κ1) is 9.85. The van der Waals surface area contributed by atoms with Gasteiger partial charge < -0.3 is 14.7 Å². The van der Waals surface area contributed by atoms with Crippen LogP contribution in [0.2, 0.25) is 0 Å². The third-order valence-corrected chi connectivity index (χ3v) is 2.23. The number of hydrogen-bond acceptors (Lipinski definition) is 6. The average Bonchev–Trinajstić information content (AvgIpc) is 2.24. The molecule has 0 atom stereocenters. The van der Waals surface area contributed by atoms with Crippen LogP contribution in [-0.4, -0.2) is 47.6 Å². The number of ether oxygens (including phenoxy) is 1. The van der Waals surface area contributed by atoms with Gasteiger partial charge in [-0.25, -0.2) is 4.79 Å². The van der Waals surface area contributed by atoms with Crippen molar-refractivity contribution >= 4 is 11.8 Å². The molecule has 1 saturated heterocycles. The second-order valence-electron chi connectivity index (χ2n) is 3.33. The van der Waals surface area contributed by atoms with Crippen molar-refractivity contribution in [1.29, 1.82) is 0 Å². The van der Waals surface area contributed by atoms with Crippen LogP contribution in [0, 0.1) is 0 Å². The highest BCUT2D eigenvalue weighted by Gasteiger charge is 2.25. The minimum absolute atomic E-state index is 0.183. The molecule has 2 rings (SSSR count). The molecule has 0 aliphatic carbocycles. The lowest BCUT2D eigenvalue weighted by atomic mass is 10.2. The molecule has 0 bridgehead atoms. The molecule has 0 radical (unpaired) electrons. The Kier molecular flexibility index (Phi) is 2.51. The Morgan fingerprint density at radius 1 is 1.53 bits per heavy atom. The van der Waals surface area contributed by atoms with Crippen molar-refractivity contribution < 1.29 is 14.6 Å². The Morgan fingerprint density at radius 3 is 2.73 bits per heavy atom. The van der Waals surface area contributed by atoms with Crippen molar-refractivity contribution in [3.63, 3.8) is 0 Å². The number of hydrogen-bond donors (Lipinski definition) is 1. The van der Waals surface area contributed by atoms with Gasteiger partial charge in [-0.2, -0.15) is 0 Å². The van der Waals surface area contributed by atoms with Crippen molar-refractivity contribution in [2.24, 2.45) is 0 Å². The van der Waals surface area contributed by atoms with Gasteiger partial charge in [0.05, 0.1) is 13.2 Å². The van der Waals surface area contributed by atoms with E-state index >= 15 is 0 Å². The summed E-state index contributed by atoms with van der Waals surface area (Å²) in [4.78, 5) is 12.9. The van der Waals surface area contributed by atoms with E-state index < -0.39 is 5.97 Å². The molecule has 1 N–H and O–H groups in total. The highest BCUT2D eigenvalue weighted by atomic mass is 16.5. The van der Waals surface area contributed by atoms with Crippen LogP contribution in [0.4, 0.5) is 5.82 Å². The minimum Gasteiger partial charge on any atom is -0.464 e. The summed E-state index contributed by atoms with van der Waals surface area (Å²) in [6, 6.07) is 3.24. The number of anilines is 1. The highest BCUT2D eigenvalue weighted by Crippen LogP contribution is 2.17. The quantitative estimate of drug-likeness (QED) is 0.658. The zero-order chi connectivity index (χ0) is 10.8. The van der Waals surface area contributed by atoms with Crippen LogP contribution >= 0.6 is 0 Å². The normalized spacial score (nSPS) is 16.0. The van der Waals surface area contributed by atoms with E-state index in [-0.39, 0.29) is 11.8 Å². The third kappa shape index (κ3) is 1.89. The van der Waals surface area contributed by atoms with Gasteiger partial charge in [0.2, 0.25) is 0 Å². The Morgan fingerprint density at radius 2 is 2.27 bits per heavy atom. The molecule has 0 spiro atoms. The summed E-state index contributed by atoms with van der Waals surface area (Å²) in [7, 11) is 1.30.